The van der Waals surface area contributed by atoms with E-state index in [9.17, 15) is 0 Å². The van der Waals surface area contributed by atoms with Crippen LogP contribution in [0.5, 0.6) is 0 Å². The minimum absolute atomic E-state index is 1.02. The molecular weight excluding hydrogens is 506 g/mol. The number of nitrogens with zero attached hydrogens (tertiary/aromatic N) is 3. The molecule has 4 heterocycles. The molecule has 0 saturated carbocycles. The van der Waals surface area contributed by atoms with E-state index in [1.165, 1.54) is 47.6 Å². The summed E-state index contributed by atoms with van der Waals surface area (Å²) in [5.74, 6) is 0. The third-order valence-corrected chi connectivity index (χ3v) is 9.22. The van der Waals surface area contributed by atoms with Crippen molar-refractivity contribution >= 4 is 69.9 Å². The summed E-state index contributed by atoms with van der Waals surface area (Å²) in [6, 6.07) is 43.4. The first-order valence-electron chi connectivity index (χ1n) is 13.4. The van der Waals surface area contributed by atoms with Gasteiger partial charge in [0.25, 0.3) is 0 Å². The molecule has 0 aliphatic heterocycles. The van der Waals surface area contributed by atoms with Crippen LogP contribution in [0.15, 0.2) is 128 Å². The fourth-order valence-corrected chi connectivity index (χ4v) is 7.35. The normalized spacial score (nSPS) is 12.0. The summed E-state index contributed by atoms with van der Waals surface area (Å²) in [5.41, 5.74) is 8.94. The number of benzene rings is 5. The van der Waals surface area contributed by atoms with Crippen molar-refractivity contribution in [3.8, 4) is 22.4 Å². The van der Waals surface area contributed by atoms with Crippen LogP contribution >= 0.6 is 11.3 Å². The number of thiophene rings is 1. The molecule has 0 atom stereocenters. The Morgan fingerprint density at radius 3 is 2.38 bits per heavy atom. The topological polar surface area (TPSA) is 30.2 Å². The van der Waals surface area contributed by atoms with E-state index in [1.807, 2.05) is 23.6 Å². The van der Waals surface area contributed by atoms with E-state index >= 15 is 0 Å². The second-order valence-corrected chi connectivity index (χ2v) is 11.3. The van der Waals surface area contributed by atoms with Crippen molar-refractivity contribution in [1.29, 1.82) is 0 Å². The van der Waals surface area contributed by atoms with Gasteiger partial charge >= 0.3 is 0 Å². The van der Waals surface area contributed by atoms with Crippen LogP contribution in [0.25, 0.3) is 80.9 Å². The molecule has 0 spiro atoms. The van der Waals surface area contributed by atoms with E-state index in [0.29, 0.717) is 0 Å². The SMILES string of the molecule is c1cnc2c(c1)ccc1c(-c3ccc(-c4cc5c6ccccc6sc5c5nc6ccccc6n45)cc3)cccc12. The third-order valence-electron chi connectivity index (χ3n) is 8.04. The van der Waals surface area contributed by atoms with Gasteiger partial charge in [0.15, 0.2) is 5.65 Å². The molecule has 5 aromatic carbocycles. The van der Waals surface area contributed by atoms with Crippen molar-refractivity contribution in [3.63, 3.8) is 0 Å². The maximum absolute atomic E-state index is 5.12. The molecular formula is C36H21N3S. The Bertz CT molecular complexity index is 2430. The van der Waals surface area contributed by atoms with Crippen molar-refractivity contribution in [2.24, 2.45) is 0 Å². The summed E-state index contributed by atoms with van der Waals surface area (Å²) in [4.78, 5) is 9.80. The van der Waals surface area contributed by atoms with Crippen LogP contribution in [0.3, 0.4) is 0 Å². The Morgan fingerprint density at radius 1 is 0.600 bits per heavy atom. The number of imidazole rings is 1. The van der Waals surface area contributed by atoms with E-state index in [4.69, 9.17) is 4.98 Å². The van der Waals surface area contributed by atoms with Crippen LogP contribution < -0.4 is 0 Å². The average Bonchev–Trinajstić information content (AvgIpc) is 3.59. The van der Waals surface area contributed by atoms with Crippen molar-refractivity contribution in [2.75, 3.05) is 0 Å². The Hall–Kier alpha value is -5.06. The molecule has 4 heteroatoms. The number of fused-ring (bicyclic) bond motifs is 10. The van der Waals surface area contributed by atoms with Crippen LogP contribution in [0.2, 0.25) is 0 Å². The average molecular weight is 528 g/mol. The fraction of sp³-hybridized carbons (Fsp3) is 0. The third kappa shape index (κ3) is 3.05. The number of hydrogen-bond donors (Lipinski definition) is 0. The van der Waals surface area contributed by atoms with Gasteiger partial charge in [0, 0.05) is 32.4 Å². The van der Waals surface area contributed by atoms with Crippen molar-refractivity contribution in [3.05, 3.63) is 128 Å². The molecule has 0 saturated heterocycles. The molecule has 0 aliphatic rings. The number of hydrogen-bond acceptors (Lipinski definition) is 3. The molecule has 40 heavy (non-hydrogen) atoms. The highest BCUT2D eigenvalue weighted by molar-refractivity contribution is 7.26. The van der Waals surface area contributed by atoms with Gasteiger partial charge in [-0.1, -0.05) is 91.0 Å². The Morgan fingerprint density at radius 2 is 1.43 bits per heavy atom. The molecule has 186 valence electrons. The summed E-state index contributed by atoms with van der Waals surface area (Å²) in [7, 11) is 0. The minimum atomic E-state index is 1.02. The van der Waals surface area contributed by atoms with Crippen molar-refractivity contribution < 1.29 is 0 Å². The molecule has 3 nitrogen and oxygen atoms in total. The molecule has 9 rings (SSSR count). The van der Waals surface area contributed by atoms with Gasteiger partial charge in [-0.3, -0.25) is 9.38 Å². The molecule has 0 aliphatic carbocycles. The fourth-order valence-electron chi connectivity index (χ4n) is 6.18. The molecule has 0 fully saturated rings. The van der Waals surface area contributed by atoms with E-state index in [-0.39, 0.29) is 0 Å². The lowest BCUT2D eigenvalue weighted by atomic mass is 9.95. The highest BCUT2D eigenvalue weighted by Gasteiger charge is 2.17. The first-order valence-corrected chi connectivity index (χ1v) is 14.2. The van der Waals surface area contributed by atoms with Gasteiger partial charge in [-0.25, -0.2) is 4.98 Å². The summed E-state index contributed by atoms with van der Waals surface area (Å²) in [6.07, 6.45) is 1.87. The molecule has 0 amide bonds. The lowest BCUT2D eigenvalue weighted by Gasteiger charge is -2.12. The zero-order chi connectivity index (χ0) is 26.2. The second kappa shape index (κ2) is 8.22. The number of aromatic nitrogens is 3. The lowest BCUT2D eigenvalue weighted by Crippen LogP contribution is -1.93. The van der Waals surface area contributed by atoms with E-state index < -0.39 is 0 Å². The van der Waals surface area contributed by atoms with Gasteiger partial charge in [-0.15, -0.1) is 11.3 Å². The van der Waals surface area contributed by atoms with E-state index in [1.54, 1.807) is 0 Å². The van der Waals surface area contributed by atoms with Gasteiger partial charge in [0.2, 0.25) is 0 Å². The van der Waals surface area contributed by atoms with Crippen LogP contribution in [0.4, 0.5) is 0 Å². The smallest absolute Gasteiger partial charge is 0.156 e. The Kier molecular flexibility index (Phi) is 4.48. The van der Waals surface area contributed by atoms with Crippen LogP contribution in [0.1, 0.15) is 0 Å². The van der Waals surface area contributed by atoms with Gasteiger partial charge < -0.3 is 0 Å². The summed E-state index contributed by atoms with van der Waals surface area (Å²) >= 11 is 1.82. The standard InChI is InChI=1S/C36H21N3S/c1-4-13-33-27(8-1)29-21-32(39-31-12-3-2-11-30(31)38-36(39)35(29)40-33)23-16-14-22(15-17-23)25-9-5-10-28-26(25)19-18-24-7-6-20-37-34(24)28/h1-21H. The van der Waals surface area contributed by atoms with Gasteiger partial charge in [0.1, 0.15) is 0 Å². The first kappa shape index (κ1) is 21.8. The minimum Gasteiger partial charge on any atom is -0.291 e. The molecule has 9 aromatic rings. The maximum Gasteiger partial charge on any atom is 0.156 e. The van der Waals surface area contributed by atoms with E-state index in [0.717, 1.165) is 33.3 Å². The van der Waals surface area contributed by atoms with Crippen molar-refractivity contribution in [1.82, 2.24) is 14.4 Å². The predicted octanol–water partition coefficient (Wildman–Crippen LogP) is 9.89. The predicted molar refractivity (Wildman–Crippen MR) is 169 cm³/mol. The maximum atomic E-state index is 5.12. The molecule has 0 radical (unpaired) electrons. The largest absolute Gasteiger partial charge is 0.291 e. The summed E-state index contributed by atoms with van der Waals surface area (Å²) < 4.78 is 4.85. The van der Waals surface area contributed by atoms with E-state index in [2.05, 4.69) is 125 Å². The quantitative estimate of drug-likeness (QED) is 0.209. The van der Waals surface area contributed by atoms with Crippen LogP contribution in [-0.4, -0.2) is 14.4 Å². The second-order valence-electron chi connectivity index (χ2n) is 10.2. The number of para-hydroxylation sites is 2. The number of pyridine rings is 2. The highest BCUT2D eigenvalue weighted by atomic mass is 32.1. The van der Waals surface area contributed by atoms with Gasteiger partial charge in [-0.05, 0) is 52.4 Å². The summed E-state index contributed by atoms with van der Waals surface area (Å²) in [6.45, 7) is 0. The Labute approximate surface area is 233 Å². The number of rotatable bonds is 2. The summed E-state index contributed by atoms with van der Waals surface area (Å²) in [5, 5.41) is 6.11. The molecule has 0 bridgehead atoms. The monoisotopic (exact) mass is 527 g/mol. The molecule has 0 unspecified atom stereocenters. The zero-order valence-electron chi connectivity index (χ0n) is 21.4. The lowest BCUT2D eigenvalue weighted by molar-refractivity contribution is 1.25. The zero-order valence-corrected chi connectivity index (χ0v) is 22.2. The van der Waals surface area contributed by atoms with Crippen LogP contribution in [-0.2, 0) is 0 Å². The van der Waals surface area contributed by atoms with Crippen molar-refractivity contribution in [2.45, 2.75) is 0 Å². The van der Waals surface area contributed by atoms with Gasteiger partial charge in [-0.2, -0.15) is 0 Å². The van der Waals surface area contributed by atoms with Gasteiger partial charge in [0.05, 0.1) is 26.9 Å². The first-order chi connectivity index (χ1) is 19.8. The Balaban J connectivity index is 1.28. The molecule has 0 N–H and O–H groups in total. The highest BCUT2D eigenvalue weighted by Crippen LogP contribution is 2.41. The van der Waals surface area contributed by atoms with Crippen LogP contribution in [0, 0.1) is 0 Å². The molecule has 4 aromatic heterocycles.